The number of hydrogen-bond donors (Lipinski definition) is 2. The molecule has 2 N–H and O–H groups in total. The van der Waals surface area contributed by atoms with Crippen molar-refractivity contribution in [3.05, 3.63) is 18.0 Å². The molecule has 1 aliphatic rings. The van der Waals surface area contributed by atoms with Gasteiger partial charge in [-0.05, 0) is 24.8 Å². The minimum Gasteiger partial charge on any atom is -0.378 e. The van der Waals surface area contributed by atoms with E-state index >= 15 is 0 Å². The third-order valence-electron chi connectivity index (χ3n) is 3.03. The smallest absolute Gasteiger partial charge is 0.0613 e. The Morgan fingerprint density at radius 2 is 2.60 bits per heavy atom. The number of rotatable bonds is 5. The molecule has 4 nitrogen and oxygen atoms in total. The Morgan fingerprint density at radius 1 is 1.67 bits per heavy atom. The van der Waals surface area contributed by atoms with Crippen LogP contribution < -0.4 is 5.32 Å². The number of hydrogen-bond acceptors (Lipinski definition) is 3. The van der Waals surface area contributed by atoms with Crippen molar-refractivity contribution in [2.45, 2.75) is 32.4 Å². The molecule has 1 saturated heterocycles. The number of aromatic amines is 1. The van der Waals surface area contributed by atoms with Crippen molar-refractivity contribution < 1.29 is 4.74 Å². The number of nitrogens with one attached hydrogen (secondary N) is 2. The van der Waals surface area contributed by atoms with Crippen LogP contribution in [0.15, 0.2) is 12.3 Å². The summed E-state index contributed by atoms with van der Waals surface area (Å²) in [6.07, 6.45) is 4.55. The van der Waals surface area contributed by atoms with Crippen molar-refractivity contribution >= 4 is 0 Å². The van der Waals surface area contributed by atoms with E-state index in [1.807, 2.05) is 6.07 Å². The van der Waals surface area contributed by atoms with Gasteiger partial charge in [0.25, 0.3) is 0 Å². The molecule has 1 aromatic rings. The summed E-state index contributed by atoms with van der Waals surface area (Å²) in [5, 5.41) is 10.3. The van der Waals surface area contributed by atoms with Crippen LogP contribution in [-0.4, -0.2) is 29.5 Å². The van der Waals surface area contributed by atoms with E-state index in [1.54, 1.807) is 6.20 Å². The zero-order valence-corrected chi connectivity index (χ0v) is 9.20. The summed E-state index contributed by atoms with van der Waals surface area (Å²) in [5.41, 5.74) is 1.14. The standard InChI is InChI=1S/C11H19N3O/c1-2-11-9(4-6-15-11)7-12-8-10-3-5-13-14-10/h3,5,9,11-12H,2,4,6-8H2,1H3,(H,13,14). The van der Waals surface area contributed by atoms with Gasteiger partial charge in [0.05, 0.1) is 6.10 Å². The summed E-state index contributed by atoms with van der Waals surface area (Å²) in [5.74, 6) is 0.679. The SMILES string of the molecule is CCC1OCCC1CNCc1ccn[nH]1. The Kier molecular flexibility index (Phi) is 3.75. The van der Waals surface area contributed by atoms with Gasteiger partial charge in [-0.15, -0.1) is 0 Å². The number of ether oxygens (including phenoxy) is 1. The summed E-state index contributed by atoms with van der Waals surface area (Å²) in [6, 6.07) is 2.00. The van der Waals surface area contributed by atoms with Gasteiger partial charge in [0.1, 0.15) is 0 Å². The highest BCUT2D eigenvalue weighted by Crippen LogP contribution is 2.22. The van der Waals surface area contributed by atoms with Gasteiger partial charge in [0.2, 0.25) is 0 Å². The Balaban J connectivity index is 1.69. The summed E-state index contributed by atoms with van der Waals surface area (Å²) >= 11 is 0. The average Bonchev–Trinajstić information content (AvgIpc) is 2.88. The highest BCUT2D eigenvalue weighted by molar-refractivity contribution is 4.96. The van der Waals surface area contributed by atoms with E-state index in [4.69, 9.17) is 4.74 Å². The molecular formula is C11H19N3O. The maximum Gasteiger partial charge on any atom is 0.0613 e. The van der Waals surface area contributed by atoms with Gasteiger partial charge in [0.15, 0.2) is 0 Å². The molecule has 2 atom stereocenters. The van der Waals surface area contributed by atoms with Crippen LogP contribution in [0.25, 0.3) is 0 Å². The zero-order valence-electron chi connectivity index (χ0n) is 9.20. The van der Waals surface area contributed by atoms with E-state index < -0.39 is 0 Å². The molecule has 0 spiro atoms. The van der Waals surface area contributed by atoms with Crippen LogP contribution in [0.3, 0.4) is 0 Å². The molecule has 4 heteroatoms. The largest absolute Gasteiger partial charge is 0.378 e. The molecule has 0 radical (unpaired) electrons. The highest BCUT2D eigenvalue weighted by atomic mass is 16.5. The van der Waals surface area contributed by atoms with E-state index in [9.17, 15) is 0 Å². The fourth-order valence-electron chi connectivity index (χ4n) is 2.15. The predicted octanol–water partition coefficient (Wildman–Crippen LogP) is 1.31. The molecular weight excluding hydrogens is 190 g/mol. The minimum atomic E-state index is 0.458. The fourth-order valence-corrected chi connectivity index (χ4v) is 2.15. The van der Waals surface area contributed by atoms with Crippen LogP contribution in [0.2, 0.25) is 0 Å². The van der Waals surface area contributed by atoms with E-state index in [2.05, 4.69) is 22.4 Å². The Labute approximate surface area is 90.4 Å². The Bertz CT molecular complexity index is 273. The molecule has 2 rings (SSSR count). The monoisotopic (exact) mass is 209 g/mol. The zero-order chi connectivity index (χ0) is 10.5. The first-order chi connectivity index (χ1) is 7.40. The minimum absolute atomic E-state index is 0.458. The van der Waals surface area contributed by atoms with Crippen molar-refractivity contribution in [1.29, 1.82) is 0 Å². The van der Waals surface area contributed by atoms with Crippen molar-refractivity contribution in [3.63, 3.8) is 0 Å². The van der Waals surface area contributed by atoms with Crippen LogP contribution in [-0.2, 0) is 11.3 Å². The van der Waals surface area contributed by atoms with Crippen LogP contribution in [0.5, 0.6) is 0 Å². The normalized spacial score (nSPS) is 25.9. The van der Waals surface area contributed by atoms with Crippen LogP contribution in [0, 0.1) is 5.92 Å². The quantitative estimate of drug-likeness (QED) is 0.769. The number of nitrogens with zero attached hydrogens (tertiary/aromatic N) is 1. The molecule has 1 aliphatic heterocycles. The van der Waals surface area contributed by atoms with E-state index in [-0.39, 0.29) is 0 Å². The van der Waals surface area contributed by atoms with Crippen molar-refractivity contribution in [3.8, 4) is 0 Å². The van der Waals surface area contributed by atoms with Crippen molar-refractivity contribution in [1.82, 2.24) is 15.5 Å². The molecule has 0 aromatic carbocycles. The van der Waals surface area contributed by atoms with E-state index in [0.717, 1.165) is 31.8 Å². The van der Waals surface area contributed by atoms with Gasteiger partial charge >= 0.3 is 0 Å². The van der Waals surface area contributed by atoms with Crippen LogP contribution in [0.1, 0.15) is 25.5 Å². The molecule has 1 aromatic heterocycles. The second-order valence-corrected chi connectivity index (χ2v) is 4.08. The first-order valence-corrected chi connectivity index (χ1v) is 5.70. The Morgan fingerprint density at radius 3 is 3.33 bits per heavy atom. The first kappa shape index (κ1) is 10.6. The second-order valence-electron chi connectivity index (χ2n) is 4.08. The molecule has 0 bridgehead atoms. The van der Waals surface area contributed by atoms with Crippen molar-refractivity contribution in [2.24, 2.45) is 5.92 Å². The van der Waals surface area contributed by atoms with Crippen molar-refractivity contribution in [2.75, 3.05) is 13.2 Å². The molecule has 2 heterocycles. The molecule has 1 fully saturated rings. The summed E-state index contributed by atoms with van der Waals surface area (Å²) in [7, 11) is 0. The lowest BCUT2D eigenvalue weighted by Gasteiger charge is -2.16. The lowest BCUT2D eigenvalue weighted by atomic mass is 10.00. The number of aromatic nitrogens is 2. The third-order valence-corrected chi connectivity index (χ3v) is 3.03. The molecule has 2 unspecified atom stereocenters. The third kappa shape index (κ3) is 2.79. The van der Waals surface area contributed by atoms with Gasteiger partial charge < -0.3 is 10.1 Å². The number of H-pyrrole nitrogens is 1. The van der Waals surface area contributed by atoms with Gasteiger partial charge in [-0.1, -0.05) is 6.92 Å². The Hall–Kier alpha value is -0.870. The lowest BCUT2D eigenvalue weighted by Crippen LogP contribution is -2.28. The summed E-state index contributed by atoms with van der Waals surface area (Å²) in [6.45, 7) is 5.03. The topological polar surface area (TPSA) is 49.9 Å². The molecule has 0 aliphatic carbocycles. The van der Waals surface area contributed by atoms with Crippen LogP contribution >= 0.6 is 0 Å². The maximum absolute atomic E-state index is 5.64. The van der Waals surface area contributed by atoms with Gasteiger partial charge in [-0.3, -0.25) is 5.10 Å². The molecule has 84 valence electrons. The van der Waals surface area contributed by atoms with E-state index in [0.29, 0.717) is 12.0 Å². The predicted molar refractivity (Wildman–Crippen MR) is 58.4 cm³/mol. The van der Waals surface area contributed by atoms with Gasteiger partial charge in [-0.25, -0.2) is 0 Å². The van der Waals surface area contributed by atoms with Gasteiger partial charge in [0, 0.05) is 31.6 Å². The first-order valence-electron chi connectivity index (χ1n) is 5.70. The summed E-state index contributed by atoms with van der Waals surface area (Å²) < 4.78 is 5.64. The molecule has 15 heavy (non-hydrogen) atoms. The van der Waals surface area contributed by atoms with Gasteiger partial charge in [-0.2, -0.15) is 5.10 Å². The molecule has 0 amide bonds. The fraction of sp³-hybridized carbons (Fsp3) is 0.727. The average molecular weight is 209 g/mol. The molecule has 0 saturated carbocycles. The van der Waals surface area contributed by atoms with E-state index in [1.165, 1.54) is 6.42 Å². The maximum atomic E-state index is 5.64. The lowest BCUT2D eigenvalue weighted by molar-refractivity contribution is 0.0872. The summed E-state index contributed by atoms with van der Waals surface area (Å²) in [4.78, 5) is 0. The van der Waals surface area contributed by atoms with Crippen LogP contribution in [0.4, 0.5) is 0 Å². The highest BCUT2D eigenvalue weighted by Gasteiger charge is 2.25. The second kappa shape index (κ2) is 5.28.